The van der Waals surface area contributed by atoms with Gasteiger partial charge in [-0.1, -0.05) is 0 Å². The van der Waals surface area contributed by atoms with Crippen molar-refractivity contribution in [1.29, 1.82) is 10.5 Å². The quantitative estimate of drug-likeness (QED) is 0.347. The molecular weight excluding hydrogens is 363 g/mol. The van der Waals surface area contributed by atoms with Crippen molar-refractivity contribution in [3.63, 3.8) is 0 Å². The molecule has 0 aromatic heterocycles. The molecule has 0 spiro atoms. The van der Waals surface area contributed by atoms with E-state index in [0.29, 0.717) is 3.57 Å². The topological polar surface area (TPSA) is 111 Å². The van der Waals surface area contributed by atoms with Crippen LogP contribution < -0.4 is 0 Å². The lowest BCUT2D eigenvalue weighted by atomic mass is 10.1. The molecule has 0 unspecified atom stereocenters. The van der Waals surface area contributed by atoms with Crippen LogP contribution in [-0.4, -0.2) is 28.8 Å². The standard InChI is InChI=1S/C11H7IN4O3/c12-10-2-1-8(16(18)19)7-9(10)11(17)15(5-3-13)6-4-14/h1-2,7H,5-6H2. The molecule has 0 saturated heterocycles. The highest BCUT2D eigenvalue weighted by Crippen LogP contribution is 2.21. The van der Waals surface area contributed by atoms with Crippen LogP contribution >= 0.6 is 22.6 Å². The summed E-state index contributed by atoms with van der Waals surface area (Å²) in [4.78, 5) is 23.2. The van der Waals surface area contributed by atoms with Gasteiger partial charge in [0.1, 0.15) is 13.1 Å². The number of hydrogen-bond acceptors (Lipinski definition) is 5. The number of hydrogen-bond donors (Lipinski definition) is 0. The zero-order valence-corrected chi connectivity index (χ0v) is 11.7. The Balaban J connectivity index is 3.17. The van der Waals surface area contributed by atoms with Crippen LogP contribution in [0.4, 0.5) is 5.69 Å². The third-order valence-corrected chi connectivity index (χ3v) is 3.14. The lowest BCUT2D eigenvalue weighted by Gasteiger charge is -2.16. The van der Waals surface area contributed by atoms with Crippen molar-refractivity contribution >= 4 is 34.2 Å². The fourth-order valence-electron chi connectivity index (χ4n) is 1.33. The van der Waals surface area contributed by atoms with Crippen molar-refractivity contribution in [2.75, 3.05) is 13.1 Å². The summed E-state index contributed by atoms with van der Waals surface area (Å²) < 4.78 is 0.522. The molecule has 8 heteroatoms. The molecular formula is C11H7IN4O3. The maximum absolute atomic E-state index is 12.1. The van der Waals surface area contributed by atoms with E-state index in [1.165, 1.54) is 12.1 Å². The lowest BCUT2D eigenvalue weighted by Crippen LogP contribution is -2.32. The highest BCUT2D eigenvalue weighted by atomic mass is 127. The van der Waals surface area contributed by atoms with Gasteiger partial charge in [-0.2, -0.15) is 10.5 Å². The minimum absolute atomic E-state index is 0.111. The lowest BCUT2D eigenvalue weighted by molar-refractivity contribution is -0.384. The molecule has 7 nitrogen and oxygen atoms in total. The molecule has 0 aliphatic heterocycles. The second kappa shape index (κ2) is 6.66. The smallest absolute Gasteiger partial charge is 0.270 e. The number of non-ortho nitro benzene ring substituents is 1. The first kappa shape index (κ1) is 14.9. The summed E-state index contributed by atoms with van der Waals surface area (Å²) in [7, 11) is 0. The van der Waals surface area contributed by atoms with Crippen LogP contribution in [0.3, 0.4) is 0 Å². The third-order valence-electron chi connectivity index (χ3n) is 2.20. The van der Waals surface area contributed by atoms with E-state index in [0.717, 1.165) is 11.0 Å². The predicted octanol–water partition coefficient (Wildman–Crippen LogP) is 1.69. The third kappa shape index (κ3) is 3.63. The van der Waals surface area contributed by atoms with E-state index in [2.05, 4.69) is 0 Å². The molecule has 0 bridgehead atoms. The molecule has 1 aromatic carbocycles. The van der Waals surface area contributed by atoms with E-state index < -0.39 is 10.8 Å². The first-order chi connectivity index (χ1) is 9.01. The zero-order chi connectivity index (χ0) is 14.4. The Morgan fingerprint density at radius 1 is 1.37 bits per heavy atom. The summed E-state index contributed by atoms with van der Waals surface area (Å²) >= 11 is 1.87. The Morgan fingerprint density at radius 3 is 2.42 bits per heavy atom. The first-order valence-electron chi connectivity index (χ1n) is 4.98. The van der Waals surface area contributed by atoms with E-state index in [4.69, 9.17) is 10.5 Å². The minimum Gasteiger partial charge on any atom is -0.312 e. The molecule has 0 aliphatic rings. The number of nitro groups is 1. The highest BCUT2D eigenvalue weighted by Gasteiger charge is 2.20. The van der Waals surface area contributed by atoms with Crippen molar-refractivity contribution in [2.24, 2.45) is 0 Å². The predicted molar refractivity (Wildman–Crippen MR) is 72.9 cm³/mol. The van der Waals surface area contributed by atoms with Crippen LogP contribution in [0.25, 0.3) is 0 Å². The number of benzene rings is 1. The van der Waals surface area contributed by atoms with Gasteiger partial charge in [0, 0.05) is 15.7 Å². The Kier molecular flexibility index (Phi) is 5.21. The van der Waals surface area contributed by atoms with Gasteiger partial charge in [-0.3, -0.25) is 14.9 Å². The maximum Gasteiger partial charge on any atom is 0.270 e. The van der Waals surface area contributed by atoms with Crippen LogP contribution in [0.1, 0.15) is 10.4 Å². The van der Waals surface area contributed by atoms with Gasteiger partial charge in [-0.15, -0.1) is 0 Å². The van der Waals surface area contributed by atoms with Crippen molar-refractivity contribution < 1.29 is 9.72 Å². The van der Waals surface area contributed by atoms with Gasteiger partial charge in [0.25, 0.3) is 11.6 Å². The fraction of sp³-hybridized carbons (Fsp3) is 0.182. The van der Waals surface area contributed by atoms with Crippen molar-refractivity contribution in [3.8, 4) is 12.1 Å². The SMILES string of the molecule is N#CCN(CC#N)C(=O)c1cc([N+](=O)[O-])ccc1I. The number of carbonyl (C=O) groups excluding carboxylic acids is 1. The molecule has 0 saturated carbocycles. The summed E-state index contributed by atoms with van der Waals surface area (Å²) in [6.45, 7) is -0.490. The second-order valence-electron chi connectivity index (χ2n) is 3.40. The largest absolute Gasteiger partial charge is 0.312 e. The van der Waals surface area contributed by atoms with Crippen LogP contribution in [0.5, 0.6) is 0 Å². The fourth-order valence-corrected chi connectivity index (χ4v) is 1.90. The molecule has 0 radical (unpaired) electrons. The van der Waals surface area contributed by atoms with Crippen LogP contribution in [0.2, 0.25) is 0 Å². The molecule has 0 atom stereocenters. The van der Waals surface area contributed by atoms with E-state index in [-0.39, 0.29) is 24.3 Å². The molecule has 0 aliphatic carbocycles. The Hall–Kier alpha value is -2.20. The normalized spacial score (nSPS) is 9.21. The number of nitriles is 2. The Morgan fingerprint density at radius 2 is 1.95 bits per heavy atom. The molecule has 0 heterocycles. The molecule has 1 amide bonds. The molecule has 1 rings (SSSR count). The summed E-state index contributed by atoms with van der Waals surface area (Å²) in [5.74, 6) is -0.573. The summed E-state index contributed by atoms with van der Waals surface area (Å²) in [5.41, 5.74) is -0.0991. The molecule has 0 fully saturated rings. The summed E-state index contributed by atoms with van der Waals surface area (Å²) in [6.07, 6.45) is 0. The van der Waals surface area contributed by atoms with Crippen LogP contribution in [-0.2, 0) is 0 Å². The molecule has 96 valence electrons. The van der Waals surface area contributed by atoms with Crippen molar-refractivity contribution in [2.45, 2.75) is 0 Å². The number of carbonyl (C=O) groups is 1. The Labute approximate surface area is 122 Å². The van der Waals surface area contributed by atoms with Crippen molar-refractivity contribution in [1.82, 2.24) is 4.90 Å². The average Bonchev–Trinajstić information content (AvgIpc) is 2.38. The van der Waals surface area contributed by atoms with Gasteiger partial charge in [-0.25, -0.2) is 0 Å². The molecule has 0 N–H and O–H groups in total. The van der Waals surface area contributed by atoms with Gasteiger partial charge < -0.3 is 4.90 Å². The van der Waals surface area contributed by atoms with Gasteiger partial charge in [0.15, 0.2) is 0 Å². The molecule has 1 aromatic rings. The van der Waals surface area contributed by atoms with Crippen molar-refractivity contribution in [3.05, 3.63) is 37.4 Å². The molecule has 19 heavy (non-hydrogen) atoms. The van der Waals surface area contributed by atoms with Crippen LogP contribution in [0, 0.1) is 36.3 Å². The number of rotatable bonds is 4. The summed E-state index contributed by atoms with van der Waals surface area (Å²) in [6, 6.07) is 7.44. The number of nitro benzene ring substituents is 1. The van der Waals surface area contributed by atoms with Gasteiger partial charge >= 0.3 is 0 Å². The number of halogens is 1. The second-order valence-corrected chi connectivity index (χ2v) is 4.56. The van der Waals surface area contributed by atoms with Crippen LogP contribution in [0.15, 0.2) is 18.2 Å². The van der Waals surface area contributed by atoms with E-state index in [9.17, 15) is 14.9 Å². The minimum atomic E-state index is -0.605. The highest BCUT2D eigenvalue weighted by molar-refractivity contribution is 14.1. The first-order valence-corrected chi connectivity index (χ1v) is 6.06. The zero-order valence-electron chi connectivity index (χ0n) is 9.54. The summed E-state index contributed by atoms with van der Waals surface area (Å²) in [5, 5.41) is 27.9. The monoisotopic (exact) mass is 370 g/mol. The Bertz CT molecular complexity index is 587. The van der Waals surface area contributed by atoms with E-state index in [1.807, 2.05) is 22.6 Å². The maximum atomic E-state index is 12.1. The van der Waals surface area contributed by atoms with Gasteiger partial charge in [0.05, 0.1) is 22.6 Å². The number of nitrogens with zero attached hydrogens (tertiary/aromatic N) is 4. The average molecular weight is 370 g/mol. The van der Waals surface area contributed by atoms with Gasteiger partial charge in [-0.05, 0) is 28.7 Å². The van der Waals surface area contributed by atoms with E-state index in [1.54, 1.807) is 12.1 Å². The number of amides is 1. The van der Waals surface area contributed by atoms with Gasteiger partial charge in [0.2, 0.25) is 0 Å². The van der Waals surface area contributed by atoms with E-state index >= 15 is 0 Å².